The number of unbranched alkanes of at least 4 members (excludes halogenated alkanes) is 1. The number of hydrogen-bond acceptors (Lipinski definition) is 3. The summed E-state index contributed by atoms with van der Waals surface area (Å²) in [5, 5.41) is 0.503. The summed E-state index contributed by atoms with van der Waals surface area (Å²) in [7, 11) is 0. The van der Waals surface area contributed by atoms with Gasteiger partial charge in [-0.3, -0.25) is 0 Å². The molecule has 0 aliphatic rings. The minimum atomic E-state index is 0.448. The van der Waals surface area contributed by atoms with Gasteiger partial charge in [-0.1, -0.05) is 24.9 Å². The van der Waals surface area contributed by atoms with E-state index in [4.69, 9.17) is 21.1 Å². The van der Waals surface area contributed by atoms with Crippen molar-refractivity contribution in [3.8, 4) is 5.88 Å². The number of nitrogens with zero attached hydrogens (tertiary/aromatic N) is 1. The zero-order chi connectivity index (χ0) is 11.8. The van der Waals surface area contributed by atoms with Gasteiger partial charge in [0.1, 0.15) is 11.6 Å². The van der Waals surface area contributed by atoms with E-state index in [0.717, 1.165) is 23.9 Å². The lowest BCUT2D eigenvalue weighted by Gasteiger charge is -2.07. The predicted octanol–water partition coefficient (Wildman–Crippen LogP) is 3.69. The quantitative estimate of drug-likeness (QED) is 0.720. The van der Waals surface area contributed by atoms with E-state index in [1.807, 2.05) is 0 Å². The van der Waals surface area contributed by atoms with E-state index in [0.29, 0.717) is 24.1 Å². The fraction of sp³-hybridized carbons (Fsp3) is 0.545. The van der Waals surface area contributed by atoms with Crippen LogP contribution in [0.4, 0.5) is 0 Å². The van der Waals surface area contributed by atoms with Crippen molar-refractivity contribution in [1.29, 1.82) is 0 Å². The third-order valence-electron chi connectivity index (χ3n) is 1.88. The molecule has 0 atom stereocenters. The van der Waals surface area contributed by atoms with Crippen molar-refractivity contribution in [2.45, 2.75) is 19.8 Å². The topological polar surface area (TPSA) is 31.4 Å². The van der Waals surface area contributed by atoms with Crippen LogP contribution in [0.1, 0.15) is 19.8 Å². The SMILES string of the molecule is CCCCOCCOc1ncc(Br)cc1Cl. The van der Waals surface area contributed by atoms with Gasteiger partial charge in [-0.2, -0.15) is 0 Å². The molecular formula is C11H15BrClNO2. The molecule has 3 nitrogen and oxygen atoms in total. The predicted molar refractivity (Wildman–Crippen MR) is 68.2 cm³/mol. The molecule has 0 aromatic carbocycles. The highest BCUT2D eigenvalue weighted by atomic mass is 79.9. The van der Waals surface area contributed by atoms with E-state index in [2.05, 4.69) is 27.8 Å². The van der Waals surface area contributed by atoms with Crippen molar-refractivity contribution >= 4 is 27.5 Å². The second-order valence-corrected chi connectivity index (χ2v) is 4.58. The summed E-state index contributed by atoms with van der Waals surface area (Å²) in [4.78, 5) is 4.06. The van der Waals surface area contributed by atoms with Crippen molar-refractivity contribution in [3.05, 3.63) is 21.8 Å². The Bertz CT molecular complexity index is 323. The minimum absolute atomic E-state index is 0.448. The first-order valence-corrected chi connectivity index (χ1v) is 6.42. The maximum Gasteiger partial charge on any atom is 0.232 e. The van der Waals surface area contributed by atoms with Crippen molar-refractivity contribution in [2.75, 3.05) is 19.8 Å². The first-order valence-electron chi connectivity index (χ1n) is 5.25. The maximum atomic E-state index is 5.93. The molecule has 1 aromatic rings. The van der Waals surface area contributed by atoms with Crippen LogP contribution in [0.15, 0.2) is 16.7 Å². The lowest BCUT2D eigenvalue weighted by molar-refractivity contribution is 0.0965. The number of ether oxygens (including phenoxy) is 2. The van der Waals surface area contributed by atoms with E-state index in [1.165, 1.54) is 0 Å². The largest absolute Gasteiger partial charge is 0.474 e. The molecule has 0 saturated heterocycles. The summed E-state index contributed by atoms with van der Waals surface area (Å²) >= 11 is 9.21. The van der Waals surface area contributed by atoms with Gasteiger partial charge in [-0.15, -0.1) is 0 Å². The Labute approximate surface area is 109 Å². The van der Waals surface area contributed by atoms with Crippen LogP contribution in [0.2, 0.25) is 5.02 Å². The number of hydrogen-bond donors (Lipinski definition) is 0. The second-order valence-electron chi connectivity index (χ2n) is 3.25. The molecule has 0 unspecified atom stereocenters. The van der Waals surface area contributed by atoms with E-state index in [-0.39, 0.29) is 0 Å². The molecule has 0 bridgehead atoms. The molecule has 16 heavy (non-hydrogen) atoms. The number of pyridine rings is 1. The van der Waals surface area contributed by atoms with Crippen LogP contribution in [0.5, 0.6) is 5.88 Å². The van der Waals surface area contributed by atoms with Crippen molar-refractivity contribution < 1.29 is 9.47 Å². The van der Waals surface area contributed by atoms with Gasteiger partial charge in [0.15, 0.2) is 0 Å². The Morgan fingerprint density at radius 3 is 2.88 bits per heavy atom. The van der Waals surface area contributed by atoms with Crippen molar-refractivity contribution in [1.82, 2.24) is 4.98 Å². The average Bonchev–Trinajstić information content (AvgIpc) is 2.26. The first-order chi connectivity index (χ1) is 7.74. The smallest absolute Gasteiger partial charge is 0.232 e. The van der Waals surface area contributed by atoms with Gasteiger partial charge in [0, 0.05) is 17.3 Å². The molecule has 1 heterocycles. The zero-order valence-corrected chi connectivity index (χ0v) is 11.6. The minimum Gasteiger partial charge on any atom is -0.474 e. The van der Waals surface area contributed by atoms with E-state index in [1.54, 1.807) is 12.3 Å². The van der Waals surface area contributed by atoms with E-state index in [9.17, 15) is 0 Å². The van der Waals surface area contributed by atoms with Gasteiger partial charge in [-0.25, -0.2) is 4.98 Å². The van der Waals surface area contributed by atoms with Crippen LogP contribution in [-0.2, 0) is 4.74 Å². The van der Waals surface area contributed by atoms with Gasteiger partial charge in [0.05, 0.1) is 6.61 Å². The molecule has 0 amide bonds. The summed E-state index contributed by atoms with van der Waals surface area (Å²) < 4.78 is 11.6. The fourth-order valence-electron chi connectivity index (χ4n) is 1.05. The lowest BCUT2D eigenvalue weighted by atomic mass is 10.4. The fourth-order valence-corrected chi connectivity index (χ4v) is 1.74. The molecule has 0 aliphatic heterocycles. The number of halogens is 2. The highest BCUT2D eigenvalue weighted by Crippen LogP contribution is 2.24. The Hall–Kier alpha value is -0.320. The van der Waals surface area contributed by atoms with Crippen LogP contribution >= 0.6 is 27.5 Å². The summed E-state index contributed by atoms with van der Waals surface area (Å²) in [5.41, 5.74) is 0. The summed E-state index contributed by atoms with van der Waals surface area (Å²) in [6.45, 7) is 3.94. The molecule has 0 spiro atoms. The van der Waals surface area contributed by atoms with Gasteiger partial charge in [0.2, 0.25) is 5.88 Å². The molecular weight excluding hydrogens is 293 g/mol. The molecule has 0 fully saturated rings. The Kier molecular flexibility index (Phi) is 6.76. The monoisotopic (exact) mass is 307 g/mol. The molecule has 1 aromatic heterocycles. The van der Waals surface area contributed by atoms with Gasteiger partial charge < -0.3 is 9.47 Å². The average molecular weight is 309 g/mol. The molecule has 1 rings (SSSR count). The molecule has 0 radical (unpaired) electrons. The van der Waals surface area contributed by atoms with Crippen LogP contribution in [0, 0.1) is 0 Å². The maximum absolute atomic E-state index is 5.93. The van der Waals surface area contributed by atoms with Crippen molar-refractivity contribution in [3.63, 3.8) is 0 Å². The van der Waals surface area contributed by atoms with Gasteiger partial charge in [-0.05, 0) is 28.4 Å². The summed E-state index contributed by atoms with van der Waals surface area (Å²) in [6.07, 6.45) is 3.87. The van der Waals surface area contributed by atoms with Gasteiger partial charge >= 0.3 is 0 Å². The first kappa shape index (κ1) is 13.7. The molecule has 0 N–H and O–H groups in total. The third-order valence-corrected chi connectivity index (χ3v) is 2.59. The van der Waals surface area contributed by atoms with Gasteiger partial charge in [0.25, 0.3) is 0 Å². The standard InChI is InChI=1S/C11H15BrClNO2/c1-2-3-4-15-5-6-16-11-10(13)7-9(12)8-14-11/h7-8H,2-6H2,1H3. The van der Waals surface area contributed by atoms with E-state index < -0.39 is 0 Å². The molecule has 0 aliphatic carbocycles. The van der Waals surface area contributed by atoms with Crippen LogP contribution in [0.25, 0.3) is 0 Å². The Morgan fingerprint density at radius 1 is 1.38 bits per heavy atom. The highest BCUT2D eigenvalue weighted by molar-refractivity contribution is 9.10. The second kappa shape index (κ2) is 7.87. The molecule has 5 heteroatoms. The number of rotatable bonds is 7. The third kappa shape index (κ3) is 5.14. The summed E-state index contributed by atoms with van der Waals surface area (Å²) in [6, 6.07) is 1.75. The zero-order valence-electron chi connectivity index (χ0n) is 9.21. The summed E-state index contributed by atoms with van der Waals surface area (Å²) in [5.74, 6) is 0.448. The number of aromatic nitrogens is 1. The Morgan fingerprint density at radius 2 is 2.19 bits per heavy atom. The molecule has 90 valence electrons. The van der Waals surface area contributed by atoms with Crippen LogP contribution in [0.3, 0.4) is 0 Å². The molecule has 0 saturated carbocycles. The van der Waals surface area contributed by atoms with Crippen LogP contribution < -0.4 is 4.74 Å². The van der Waals surface area contributed by atoms with E-state index >= 15 is 0 Å². The van der Waals surface area contributed by atoms with Crippen LogP contribution in [-0.4, -0.2) is 24.8 Å². The lowest BCUT2D eigenvalue weighted by Crippen LogP contribution is -2.08. The normalized spacial score (nSPS) is 10.4. The highest BCUT2D eigenvalue weighted by Gasteiger charge is 2.03. The Balaban J connectivity index is 2.21. The van der Waals surface area contributed by atoms with Crippen molar-refractivity contribution in [2.24, 2.45) is 0 Å².